The van der Waals surface area contributed by atoms with Gasteiger partial charge in [-0.25, -0.2) is 9.37 Å². The summed E-state index contributed by atoms with van der Waals surface area (Å²) >= 11 is 19.6. The molecule has 3 rings (SSSR count). The Bertz CT molecular complexity index is 1230. The standard InChI is InChI=1S/C21H13Cl3FN3O2S/c1-10-15(22)3-4-16(23)19(10)30-21-11(8-26)5-12(9-27-21)13-7-18(25)14(6-17(13)24)20(29)28-31-2/h3-7,9H,1-2H3,(H,28,29). The summed E-state index contributed by atoms with van der Waals surface area (Å²) in [6.07, 6.45) is 3.02. The summed E-state index contributed by atoms with van der Waals surface area (Å²) < 4.78 is 22.7. The fourth-order valence-corrected chi connectivity index (χ4v) is 3.67. The average molecular weight is 497 g/mol. The first-order valence-electron chi connectivity index (χ1n) is 8.62. The van der Waals surface area contributed by atoms with Crippen molar-refractivity contribution in [2.75, 3.05) is 6.26 Å². The zero-order chi connectivity index (χ0) is 22.7. The van der Waals surface area contributed by atoms with Crippen LogP contribution < -0.4 is 9.46 Å². The Balaban J connectivity index is 2.01. The molecule has 2 aromatic carbocycles. The van der Waals surface area contributed by atoms with Crippen LogP contribution in [0.3, 0.4) is 0 Å². The zero-order valence-electron chi connectivity index (χ0n) is 16.1. The van der Waals surface area contributed by atoms with Crippen LogP contribution in [0.5, 0.6) is 11.6 Å². The second-order valence-corrected chi connectivity index (χ2v) is 8.06. The molecular formula is C21H13Cl3FN3O2S. The van der Waals surface area contributed by atoms with Crippen molar-refractivity contribution >= 4 is 52.7 Å². The molecule has 3 aromatic rings. The van der Waals surface area contributed by atoms with Crippen LogP contribution in [0.4, 0.5) is 4.39 Å². The number of ether oxygens (including phenoxy) is 1. The van der Waals surface area contributed by atoms with E-state index in [0.29, 0.717) is 21.2 Å². The number of rotatable bonds is 5. The molecular weight excluding hydrogens is 484 g/mol. The van der Waals surface area contributed by atoms with Crippen molar-refractivity contribution in [1.29, 1.82) is 5.26 Å². The number of hydrogen-bond acceptors (Lipinski definition) is 5. The molecule has 0 bridgehead atoms. The molecule has 0 saturated carbocycles. The van der Waals surface area contributed by atoms with Crippen molar-refractivity contribution in [2.24, 2.45) is 0 Å². The summed E-state index contributed by atoms with van der Waals surface area (Å²) in [6.45, 7) is 1.72. The van der Waals surface area contributed by atoms with Gasteiger partial charge in [0.15, 0.2) is 5.75 Å². The molecule has 0 spiro atoms. The maximum atomic E-state index is 14.5. The molecule has 1 aromatic heterocycles. The van der Waals surface area contributed by atoms with E-state index in [1.54, 1.807) is 25.3 Å². The minimum absolute atomic E-state index is 0.00563. The van der Waals surface area contributed by atoms with E-state index in [9.17, 15) is 14.4 Å². The lowest BCUT2D eigenvalue weighted by molar-refractivity contribution is 0.0980. The molecule has 0 saturated heterocycles. The maximum absolute atomic E-state index is 14.5. The van der Waals surface area contributed by atoms with Crippen LogP contribution in [0, 0.1) is 24.1 Å². The van der Waals surface area contributed by atoms with Gasteiger partial charge in [0.1, 0.15) is 17.4 Å². The van der Waals surface area contributed by atoms with E-state index in [1.807, 2.05) is 6.07 Å². The van der Waals surface area contributed by atoms with Gasteiger partial charge in [-0.2, -0.15) is 5.26 Å². The lowest BCUT2D eigenvalue weighted by Gasteiger charge is -2.13. The van der Waals surface area contributed by atoms with Gasteiger partial charge < -0.3 is 4.74 Å². The van der Waals surface area contributed by atoms with Gasteiger partial charge in [0.25, 0.3) is 5.91 Å². The fraction of sp³-hybridized carbons (Fsp3) is 0.0952. The topological polar surface area (TPSA) is 75.0 Å². The Morgan fingerprint density at radius 3 is 2.58 bits per heavy atom. The number of carbonyl (C=O) groups excluding carboxylic acids is 1. The van der Waals surface area contributed by atoms with Crippen LogP contribution in [0.1, 0.15) is 21.5 Å². The van der Waals surface area contributed by atoms with E-state index in [4.69, 9.17) is 39.5 Å². The number of halogens is 4. The van der Waals surface area contributed by atoms with Gasteiger partial charge in [-0.15, -0.1) is 0 Å². The first kappa shape index (κ1) is 23.2. The third-order valence-electron chi connectivity index (χ3n) is 4.27. The highest BCUT2D eigenvalue weighted by Gasteiger charge is 2.19. The SMILES string of the molecule is CSNC(=O)c1cc(Cl)c(-c2cnc(Oc3c(Cl)ccc(Cl)c3C)c(C#N)c2)cc1F. The van der Waals surface area contributed by atoms with Crippen molar-refractivity contribution in [3.05, 3.63) is 74.1 Å². The van der Waals surface area contributed by atoms with Gasteiger partial charge >= 0.3 is 0 Å². The lowest BCUT2D eigenvalue weighted by Crippen LogP contribution is -2.17. The van der Waals surface area contributed by atoms with Crippen LogP contribution in [0.15, 0.2) is 36.5 Å². The minimum Gasteiger partial charge on any atom is -0.436 e. The summed E-state index contributed by atoms with van der Waals surface area (Å²) in [7, 11) is 0. The van der Waals surface area contributed by atoms with Gasteiger partial charge in [-0.05, 0) is 37.3 Å². The van der Waals surface area contributed by atoms with Crippen LogP contribution in [-0.4, -0.2) is 17.1 Å². The molecule has 0 unspecified atom stereocenters. The first-order valence-corrected chi connectivity index (χ1v) is 11.0. The summed E-state index contributed by atoms with van der Waals surface area (Å²) in [5.74, 6) is -1.08. The number of pyridine rings is 1. The monoisotopic (exact) mass is 495 g/mol. The molecule has 0 radical (unpaired) electrons. The molecule has 5 nitrogen and oxygen atoms in total. The van der Waals surface area contributed by atoms with Crippen molar-refractivity contribution in [3.63, 3.8) is 0 Å². The van der Waals surface area contributed by atoms with Gasteiger partial charge in [0.05, 0.1) is 10.6 Å². The molecule has 0 atom stereocenters. The predicted octanol–water partition coefficient (Wildman–Crippen LogP) is 6.83. The number of nitrogens with one attached hydrogen (secondary N) is 1. The number of carbonyl (C=O) groups is 1. The normalized spacial score (nSPS) is 10.5. The van der Waals surface area contributed by atoms with Crippen LogP contribution in [0.2, 0.25) is 15.1 Å². The van der Waals surface area contributed by atoms with E-state index in [1.165, 1.54) is 18.3 Å². The number of aromatic nitrogens is 1. The van der Waals surface area contributed by atoms with E-state index in [0.717, 1.165) is 18.0 Å². The largest absolute Gasteiger partial charge is 0.436 e. The second kappa shape index (κ2) is 9.75. The Morgan fingerprint density at radius 1 is 1.19 bits per heavy atom. The fourth-order valence-electron chi connectivity index (χ4n) is 2.71. The Kier molecular flexibility index (Phi) is 7.29. The van der Waals surface area contributed by atoms with Crippen LogP contribution in [-0.2, 0) is 0 Å². The smallest absolute Gasteiger partial charge is 0.264 e. The summed E-state index contributed by atoms with van der Waals surface area (Å²) in [6, 6.07) is 9.00. The quantitative estimate of drug-likeness (QED) is 0.392. The molecule has 0 aliphatic heterocycles. The maximum Gasteiger partial charge on any atom is 0.264 e. The predicted molar refractivity (Wildman–Crippen MR) is 122 cm³/mol. The zero-order valence-corrected chi connectivity index (χ0v) is 19.2. The summed E-state index contributed by atoms with van der Waals surface area (Å²) in [4.78, 5) is 16.1. The molecule has 0 aliphatic rings. The number of benzene rings is 2. The number of amides is 1. The van der Waals surface area contributed by atoms with Gasteiger partial charge in [0, 0.05) is 39.2 Å². The third kappa shape index (κ3) is 4.89. The number of nitriles is 1. The van der Waals surface area contributed by atoms with Crippen molar-refractivity contribution in [1.82, 2.24) is 9.71 Å². The minimum atomic E-state index is -0.758. The first-order chi connectivity index (χ1) is 14.8. The summed E-state index contributed by atoms with van der Waals surface area (Å²) in [5.41, 5.74) is 1.12. The van der Waals surface area contributed by atoms with Gasteiger partial charge in [-0.1, -0.05) is 46.8 Å². The highest BCUT2D eigenvalue weighted by Crippen LogP contribution is 2.38. The molecule has 0 fully saturated rings. The number of nitrogens with zero attached hydrogens (tertiary/aromatic N) is 2. The molecule has 1 N–H and O–H groups in total. The second-order valence-electron chi connectivity index (χ2n) is 6.22. The van der Waals surface area contributed by atoms with E-state index in [2.05, 4.69) is 9.71 Å². The van der Waals surface area contributed by atoms with Crippen molar-refractivity contribution < 1.29 is 13.9 Å². The lowest BCUT2D eigenvalue weighted by atomic mass is 10.0. The Labute approximate surface area is 197 Å². The van der Waals surface area contributed by atoms with Crippen molar-refractivity contribution in [3.8, 4) is 28.8 Å². The Morgan fingerprint density at radius 2 is 1.90 bits per heavy atom. The van der Waals surface area contributed by atoms with Gasteiger partial charge in [-0.3, -0.25) is 9.52 Å². The van der Waals surface area contributed by atoms with Gasteiger partial charge in [0.2, 0.25) is 5.88 Å². The molecule has 10 heteroatoms. The molecule has 1 amide bonds. The Hall–Kier alpha value is -2.50. The van der Waals surface area contributed by atoms with Crippen LogP contribution in [0.25, 0.3) is 11.1 Å². The van der Waals surface area contributed by atoms with E-state index < -0.39 is 11.7 Å². The molecule has 158 valence electrons. The highest BCUT2D eigenvalue weighted by molar-refractivity contribution is 7.97. The van der Waals surface area contributed by atoms with Crippen molar-refractivity contribution in [2.45, 2.75) is 6.92 Å². The average Bonchev–Trinajstić information content (AvgIpc) is 2.75. The highest BCUT2D eigenvalue weighted by atomic mass is 35.5. The number of hydrogen-bond donors (Lipinski definition) is 1. The molecule has 0 aliphatic carbocycles. The summed E-state index contributed by atoms with van der Waals surface area (Å²) in [5, 5.41) is 10.4. The third-order valence-corrected chi connectivity index (χ3v) is 5.68. The van der Waals surface area contributed by atoms with Crippen LogP contribution >= 0.6 is 46.8 Å². The molecule has 31 heavy (non-hydrogen) atoms. The molecule has 1 heterocycles. The van der Waals surface area contributed by atoms with E-state index >= 15 is 0 Å². The van der Waals surface area contributed by atoms with E-state index in [-0.39, 0.29) is 33.3 Å².